The Hall–Kier alpha value is -1.88. The smallest absolute Gasteiger partial charge is 0.229 e. The summed E-state index contributed by atoms with van der Waals surface area (Å²) in [6.07, 6.45) is 1.96. The summed E-state index contributed by atoms with van der Waals surface area (Å²) in [5.41, 5.74) is 7.10. The van der Waals surface area contributed by atoms with Crippen LogP contribution in [0.3, 0.4) is 0 Å². The molecule has 0 bridgehead atoms. The second kappa shape index (κ2) is 6.72. The Morgan fingerprint density at radius 1 is 1.14 bits per heavy atom. The molecule has 1 atom stereocenters. The Kier molecular flexibility index (Phi) is 4.96. The third kappa shape index (κ3) is 4.29. The lowest BCUT2D eigenvalue weighted by Gasteiger charge is -2.18. The van der Waals surface area contributed by atoms with E-state index in [0.717, 1.165) is 18.5 Å². The third-order valence-electron chi connectivity index (χ3n) is 3.76. The number of hydrogen-bond acceptors (Lipinski definition) is 3. The van der Waals surface area contributed by atoms with Gasteiger partial charge >= 0.3 is 0 Å². The van der Waals surface area contributed by atoms with Crippen LogP contribution in [0.4, 0.5) is 11.4 Å². The summed E-state index contributed by atoms with van der Waals surface area (Å²) in [6, 6.07) is 7.16. The molecule has 5 heteroatoms. The van der Waals surface area contributed by atoms with Crippen molar-refractivity contribution in [1.29, 1.82) is 0 Å². The molecule has 0 saturated heterocycles. The van der Waals surface area contributed by atoms with Gasteiger partial charge in [0.05, 0.1) is 5.92 Å². The molecule has 114 valence electrons. The number of rotatable bonds is 6. The zero-order chi connectivity index (χ0) is 15.4. The lowest BCUT2D eigenvalue weighted by Crippen LogP contribution is -2.33. The van der Waals surface area contributed by atoms with Crippen LogP contribution >= 0.6 is 0 Å². The van der Waals surface area contributed by atoms with Crippen LogP contribution in [0.5, 0.6) is 0 Å². The van der Waals surface area contributed by atoms with Crippen LogP contribution < -0.4 is 16.4 Å². The van der Waals surface area contributed by atoms with Gasteiger partial charge in [-0.3, -0.25) is 9.59 Å². The second-order valence-corrected chi connectivity index (χ2v) is 5.92. The standard InChI is InChI=1S/C16H23N3O2/c1-10(2)14(9-17)16(21)19-13-7-5-12(6-8-13)18-15(20)11-3-4-11/h5-8,10-11,14H,3-4,9,17H2,1-2H3,(H,18,20)(H,19,21). The molecule has 21 heavy (non-hydrogen) atoms. The number of carbonyl (C=O) groups is 2. The molecular formula is C16H23N3O2. The Morgan fingerprint density at radius 2 is 1.67 bits per heavy atom. The number of carbonyl (C=O) groups excluding carboxylic acids is 2. The van der Waals surface area contributed by atoms with Gasteiger partial charge in [-0.15, -0.1) is 0 Å². The van der Waals surface area contributed by atoms with Crippen LogP contribution in [-0.2, 0) is 9.59 Å². The number of amides is 2. The van der Waals surface area contributed by atoms with E-state index in [1.54, 1.807) is 24.3 Å². The van der Waals surface area contributed by atoms with Crippen LogP contribution in [0.15, 0.2) is 24.3 Å². The van der Waals surface area contributed by atoms with Crippen LogP contribution in [0, 0.1) is 17.8 Å². The minimum atomic E-state index is -0.195. The van der Waals surface area contributed by atoms with E-state index in [0.29, 0.717) is 12.2 Å². The average molecular weight is 289 g/mol. The average Bonchev–Trinajstić information content (AvgIpc) is 3.25. The first-order chi connectivity index (χ1) is 10.0. The molecule has 5 nitrogen and oxygen atoms in total. The quantitative estimate of drug-likeness (QED) is 0.750. The summed E-state index contributed by atoms with van der Waals surface area (Å²) < 4.78 is 0. The highest BCUT2D eigenvalue weighted by Crippen LogP contribution is 2.30. The topological polar surface area (TPSA) is 84.2 Å². The van der Waals surface area contributed by atoms with E-state index < -0.39 is 0 Å². The highest BCUT2D eigenvalue weighted by Gasteiger charge is 2.29. The highest BCUT2D eigenvalue weighted by molar-refractivity contribution is 5.95. The fourth-order valence-electron chi connectivity index (χ4n) is 2.14. The van der Waals surface area contributed by atoms with E-state index in [2.05, 4.69) is 10.6 Å². The van der Waals surface area contributed by atoms with Crippen molar-refractivity contribution in [3.63, 3.8) is 0 Å². The highest BCUT2D eigenvalue weighted by atomic mass is 16.2. The lowest BCUT2D eigenvalue weighted by atomic mass is 9.95. The predicted octanol–water partition coefficient (Wildman–Crippen LogP) is 2.20. The van der Waals surface area contributed by atoms with E-state index in [1.807, 2.05) is 13.8 Å². The minimum Gasteiger partial charge on any atom is -0.330 e. The van der Waals surface area contributed by atoms with Gasteiger partial charge in [0.1, 0.15) is 0 Å². The van der Waals surface area contributed by atoms with Crippen molar-refractivity contribution in [3.8, 4) is 0 Å². The first-order valence-corrected chi connectivity index (χ1v) is 7.43. The van der Waals surface area contributed by atoms with Gasteiger partial charge in [0.25, 0.3) is 0 Å². The van der Waals surface area contributed by atoms with Gasteiger partial charge in [-0.05, 0) is 43.0 Å². The van der Waals surface area contributed by atoms with E-state index in [9.17, 15) is 9.59 Å². The molecule has 1 fully saturated rings. The maximum absolute atomic E-state index is 12.1. The fourth-order valence-corrected chi connectivity index (χ4v) is 2.14. The van der Waals surface area contributed by atoms with Crippen molar-refractivity contribution in [2.45, 2.75) is 26.7 Å². The van der Waals surface area contributed by atoms with E-state index in [-0.39, 0.29) is 29.6 Å². The van der Waals surface area contributed by atoms with Crippen LogP contribution in [0.25, 0.3) is 0 Å². The van der Waals surface area contributed by atoms with E-state index in [1.165, 1.54) is 0 Å². The number of hydrogen-bond donors (Lipinski definition) is 3. The summed E-state index contributed by atoms with van der Waals surface area (Å²) in [6.45, 7) is 4.29. The molecule has 1 saturated carbocycles. The normalized spacial score (nSPS) is 15.6. The minimum absolute atomic E-state index is 0.0673. The first-order valence-electron chi connectivity index (χ1n) is 7.43. The summed E-state index contributed by atoms with van der Waals surface area (Å²) in [4.78, 5) is 23.7. The molecule has 4 N–H and O–H groups in total. The summed E-state index contributed by atoms with van der Waals surface area (Å²) >= 11 is 0. The molecule has 2 rings (SSSR count). The van der Waals surface area contributed by atoms with Crippen molar-refractivity contribution in [2.75, 3.05) is 17.2 Å². The lowest BCUT2D eigenvalue weighted by molar-refractivity contribution is -0.120. The van der Waals surface area contributed by atoms with Gasteiger partial charge in [-0.1, -0.05) is 13.8 Å². The number of nitrogens with two attached hydrogens (primary N) is 1. The van der Waals surface area contributed by atoms with Crippen LogP contribution in [-0.4, -0.2) is 18.4 Å². The van der Waals surface area contributed by atoms with Gasteiger partial charge in [0, 0.05) is 23.8 Å². The zero-order valence-corrected chi connectivity index (χ0v) is 12.6. The summed E-state index contributed by atoms with van der Waals surface area (Å²) in [5, 5.41) is 5.72. The predicted molar refractivity (Wildman–Crippen MR) is 83.8 cm³/mol. The fraction of sp³-hybridized carbons (Fsp3) is 0.500. The van der Waals surface area contributed by atoms with Gasteiger partial charge < -0.3 is 16.4 Å². The molecule has 0 heterocycles. The van der Waals surface area contributed by atoms with Gasteiger partial charge in [0.2, 0.25) is 11.8 Å². The van der Waals surface area contributed by atoms with E-state index in [4.69, 9.17) is 5.73 Å². The van der Waals surface area contributed by atoms with Crippen molar-refractivity contribution < 1.29 is 9.59 Å². The Bertz CT molecular complexity index is 507. The van der Waals surface area contributed by atoms with Gasteiger partial charge in [-0.2, -0.15) is 0 Å². The molecule has 0 spiro atoms. The molecule has 0 radical (unpaired) electrons. The van der Waals surface area contributed by atoms with Crippen molar-refractivity contribution in [2.24, 2.45) is 23.5 Å². The van der Waals surface area contributed by atoms with Gasteiger partial charge in [0.15, 0.2) is 0 Å². The first kappa shape index (κ1) is 15.5. The zero-order valence-electron chi connectivity index (χ0n) is 12.6. The summed E-state index contributed by atoms with van der Waals surface area (Å²) in [7, 11) is 0. The number of anilines is 2. The molecule has 1 unspecified atom stereocenters. The third-order valence-corrected chi connectivity index (χ3v) is 3.76. The van der Waals surface area contributed by atoms with Crippen LogP contribution in [0.1, 0.15) is 26.7 Å². The summed E-state index contributed by atoms with van der Waals surface area (Å²) in [5.74, 6) is 0.198. The molecule has 2 amide bonds. The Labute approximate surface area is 125 Å². The SMILES string of the molecule is CC(C)C(CN)C(=O)Nc1ccc(NC(=O)C2CC2)cc1. The van der Waals surface area contributed by atoms with Crippen molar-refractivity contribution in [1.82, 2.24) is 0 Å². The van der Waals surface area contributed by atoms with Crippen LogP contribution in [0.2, 0.25) is 0 Å². The molecule has 1 aromatic rings. The number of nitrogens with one attached hydrogen (secondary N) is 2. The maximum Gasteiger partial charge on any atom is 0.229 e. The monoisotopic (exact) mass is 289 g/mol. The Morgan fingerprint density at radius 3 is 2.10 bits per heavy atom. The largest absolute Gasteiger partial charge is 0.330 e. The molecule has 1 aromatic carbocycles. The molecule has 1 aliphatic carbocycles. The van der Waals surface area contributed by atoms with Crippen molar-refractivity contribution in [3.05, 3.63) is 24.3 Å². The molecular weight excluding hydrogens is 266 g/mol. The maximum atomic E-state index is 12.1. The van der Waals surface area contributed by atoms with Crippen molar-refractivity contribution >= 4 is 23.2 Å². The van der Waals surface area contributed by atoms with E-state index >= 15 is 0 Å². The number of benzene rings is 1. The van der Waals surface area contributed by atoms with Gasteiger partial charge in [-0.25, -0.2) is 0 Å². The Balaban J connectivity index is 1.92. The molecule has 1 aliphatic rings. The second-order valence-electron chi connectivity index (χ2n) is 5.92. The molecule has 0 aliphatic heterocycles. The molecule has 0 aromatic heterocycles.